The molecule has 0 unspecified atom stereocenters. The second kappa shape index (κ2) is 20.2. The molecule has 26 atom stereocenters. The van der Waals surface area contributed by atoms with Crippen molar-refractivity contribution in [1.29, 1.82) is 0 Å². The first-order valence-corrected chi connectivity index (χ1v) is 18.8. The average Bonchev–Trinajstić information content (AvgIpc) is 3.86. The Labute approximate surface area is 333 Å². The van der Waals surface area contributed by atoms with Crippen molar-refractivity contribution in [3.05, 3.63) is 0 Å². The second-order valence-corrected chi connectivity index (χ2v) is 14.9. The van der Waals surface area contributed by atoms with Crippen LogP contribution in [0.1, 0.15) is 0 Å². The van der Waals surface area contributed by atoms with E-state index in [1.165, 1.54) is 0 Å². The highest BCUT2D eigenvalue weighted by atomic mass is 16.8. The molecule has 344 valence electrons. The molecule has 0 spiro atoms. The SMILES string of the molecule is OC[C@H]1O[C@H](O[C@@H]2[C@@H](OC[C@H]3O[C@@H](O[C@@H]4[C@@H](OC[C@H]5O[C@H](OC[C@H]6O[C@H](O)[C@@H](O)[C@@H]6O)[C@@H](O)[C@@H]5O)O[C@H](CO)[C@H]4O)[C@@H](O)[C@@H]3O)O[C@H](CO)[C@@H](O)[C@@H]2O)[C@@H](O)[C@@H](O)[C@@H]1O. The van der Waals surface area contributed by atoms with Crippen LogP contribution in [0.25, 0.3) is 0 Å². The fraction of sp³-hybridized carbons (Fsp3) is 1.00. The summed E-state index contributed by atoms with van der Waals surface area (Å²) < 4.78 is 60.7. The van der Waals surface area contributed by atoms with Gasteiger partial charge >= 0.3 is 0 Å². The number of hydrogen-bond acceptors (Lipinski definition) is 27. The maximum Gasteiger partial charge on any atom is 0.187 e. The minimum absolute atomic E-state index is 0.469. The molecule has 0 amide bonds. The molecule has 59 heavy (non-hydrogen) atoms. The molecule has 0 saturated carbocycles. The second-order valence-electron chi connectivity index (χ2n) is 14.9. The van der Waals surface area contributed by atoms with Crippen molar-refractivity contribution in [2.75, 3.05) is 39.6 Å². The summed E-state index contributed by atoms with van der Waals surface area (Å²) in [6.45, 7) is -4.09. The van der Waals surface area contributed by atoms with Crippen LogP contribution in [-0.2, 0) is 52.1 Å². The number of ether oxygens (including phenoxy) is 11. The van der Waals surface area contributed by atoms with E-state index in [1.54, 1.807) is 0 Å². The normalized spacial score (nSPS) is 53.1. The van der Waals surface area contributed by atoms with Gasteiger partial charge in [0.05, 0.1) is 39.6 Å². The molecule has 6 heterocycles. The van der Waals surface area contributed by atoms with Crippen LogP contribution in [0.2, 0.25) is 0 Å². The van der Waals surface area contributed by atoms with Gasteiger partial charge in [-0.3, -0.25) is 0 Å². The quantitative estimate of drug-likeness (QED) is 0.0685. The Morgan fingerprint density at radius 2 is 0.610 bits per heavy atom. The highest BCUT2D eigenvalue weighted by Crippen LogP contribution is 2.34. The van der Waals surface area contributed by atoms with Crippen LogP contribution in [-0.4, -0.2) is 281 Å². The van der Waals surface area contributed by atoms with E-state index in [1.807, 2.05) is 0 Å². The van der Waals surface area contributed by atoms with Crippen LogP contribution in [0.5, 0.6) is 0 Å². The summed E-state index contributed by atoms with van der Waals surface area (Å²) in [6.07, 6.45) is -42.3. The molecule has 6 fully saturated rings. The van der Waals surface area contributed by atoms with Gasteiger partial charge in [-0.25, -0.2) is 0 Å². The van der Waals surface area contributed by atoms with Crippen molar-refractivity contribution in [3.8, 4) is 0 Å². The molecular formula is C32H54O27. The zero-order valence-electron chi connectivity index (χ0n) is 30.9. The summed E-state index contributed by atoms with van der Waals surface area (Å²) in [5.74, 6) is 0. The predicted molar refractivity (Wildman–Crippen MR) is 175 cm³/mol. The summed E-state index contributed by atoms with van der Waals surface area (Å²) in [5.41, 5.74) is 0. The number of hydrogen-bond donors (Lipinski definition) is 16. The summed E-state index contributed by atoms with van der Waals surface area (Å²) >= 11 is 0. The van der Waals surface area contributed by atoms with Crippen molar-refractivity contribution in [2.24, 2.45) is 0 Å². The van der Waals surface area contributed by atoms with Gasteiger partial charge in [0.25, 0.3) is 0 Å². The minimum atomic E-state index is -1.94. The van der Waals surface area contributed by atoms with E-state index in [4.69, 9.17) is 52.1 Å². The molecule has 16 N–H and O–H groups in total. The maximum absolute atomic E-state index is 10.9. The predicted octanol–water partition coefficient (Wildman–Crippen LogP) is -11.5. The van der Waals surface area contributed by atoms with Crippen LogP contribution < -0.4 is 0 Å². The van der Waals surface area contributed by atoms with Gasteiger partial charge in [-0.15, -0.1) is 0 Å². The molecule has 0 aromatic rings. The Bertz CT molecular complexity index is 1300. The summed E-state index contributed by atoms with van der Waals surface area (Å²) in [7, 11) is 0. The third-order valence-electron chi connectivity index (χ3n) is 11.0. The van der Waals surface area contributed by atoms with Crippen molar-refractivity contribution in [2.45, 2.75) is 160 Å². The van der Waals surface area contributed by atoms with Gasteiger partial charge < -0.3 is 134 Å². The number of aliphatic hydroxyl groups is 16. The zero-order valence-corrected chi connectivity index (χ0v) is 30.9. The van der Waals surface area contributed by atoms with Crippen LogP contribution in [0.15, 0.2) is 0 Å². The molecule has 0 aliphatic carbocycles. The maximum atomic E-state index is 10.9. The largest absolute Gasteiger partial charge is 0.394 e. The lowest BCUT2D eigenvalue weighted by molar-refractivity contribution is -0.369. The van der Waals surface area contributed by atoms with Gasteiger partial charge in [0.1, 0.15) is 122 Å². The summed E-state index contributed by atoms with van der Waals surface area (Å²) in [4.78, 5) is 0. The standard InChI is InChI=1S/C32H54O27/c33-1-7-13(36)19(42)24(47)30(53-7)59-26-20(43)14(37)8(2-34)54-32(26)51-6-12-17(40)23(46)29(57-12)58-25-18(41)9(3-35)55-31(25)50-5-11-16(39)22(45)28(56-11)49-4-10-15(38)21(44)27(48)52-10/h7-48H,1-6H2/t7-,8-,9-,10-,11-,12-,13-,14-,15-,16-,17-,18-,19+,20+,21+,22+,23+,24+,25+,26+,27+,28+,29+,30-,31+,32+/m1/s1. The molecule has 0 aromatic carbocycles. The van der Waals surface area contributed by atoms with E-state index < -0.39 is 199 Å². The van der Waals surface area contributed by atoms with Crippen LogP contribution in [0.3, 0.4) is 0 Å². The number of rotatable bonds is 16. The van der Waals surface area contributed by atoms with Crippen molar-refractivity contribution >= 4 is 0 Å². The Morgan fingerprint density at radius 3 is 1.08 bits per heavy atom. The molecule has 27 nitrogen and oxygen atoms in total. The minimum Gasteiger partial charge on any atom is -0.394 e. The highest BCUT2D eigenvalue weighted by Gasteiger charge is 2.55. The molecule has 6 saturated heterocycles. The van der Waals surface area contributed by atoms with E-state index in [9.17, 15) is 81.7 Å². The topological polar surface area (TPSA) is 425 Å². The van der Waals surface area contributed by atoms with E-state index in [0.29, 0.717) is 0 Å². The lowest BCUT2D eigenvalue weighted by Gasteiger charge is -2.46. The van der Waals surface area contributed by atoms with Gasteiger partial charge in [0, 0.05) is 0 Å². The van der Waals surface area contributed by atoms with E-state index in [0.717, 1.165) is 0 Å². The van der Waals surface area contributed by atoms with Crippen molar-refractivity contribution in [1.82, 2.24) is 0 Å². The smallest absolute Gasteiger partial charge is 0.187 e. The molecule has 6 rings (SSSR count). The van der Waals surface area contributed by atoms with Gasteiger partial charge in [-0.05, 0) is 0 Å². The fourth-order valence-electron chi connectivity index (χ4n) is 7.35. The van der Waals surface area contributed by atoms with E-state index in [2.05, 4.69) is 0 Å². The van der Waals surface area contributed by atoms with Crippen LogP contribution >= 0.6 is 0 Å². The molecule has 6 aliphatic rings. The lowest BCUT2D eigenvalue weighted by atomic mass is 9.97. The van der Waals surface area contributed by atoms with Crippen LogP contribution in [0.4, 0.5) is 0 Å². The van der Waals surface area contributed by atoms with Crippen molar-refractivity contribution < 1.29 is 134 Å². The Kier molecular flexibility index (Phi) is 16.2. The molecule has 6 aliphatic heterocycles. The molecular weight excluding hydrogens is 816 g/mol. The molecule has 0 aromatic heterocycles. The van der Waals surface area contributed by atoms with Crippen molar-refractivity contribution in [3.63, 3.8) is 0 Å². The Balaban J connectivity index is 1.05. The van der Waals surface area contributed by atoms with E-state index >= 15 is 0 Å². The first kappa shape index (κ1) is 47.4. The third-order valence-corrected chi connectivity index (χ3v) is 11.0. The molecule has 0 radical (unpaired) electrons. The fourth-order valence-corrected chi connectivity index (χ4v) is 7.35. The lowest BCUT2D eigenvalue weighted by Crippen LogP contribution is -2.64. The zero-order chi connectivity index (χ0) is 43.0. The highest BCUT2D eigenvalue weighted by molar-refractivity contribution is 4.96. The first-order chi connectivity index (χ1) is 28.0. The summed E-state index contributed by atoms with van der Waals surface area (Å²) in [6, 6.07) is 0. The molecule has 27 heteroatoms. The summed E-state index contributed by atoms with van der Waals surface area (Å²) in [5, 5.41) is 164. The Morgan fingerprint density at radius 1 is 0.288 bits per heavy atom. The Hall–Kier alpha value is -1.08. The van der Waals surface area contributed by atoms with Crippen LogP contribution in [0, 0.1) is 0 Å². The molecule has 0 bridgehead atoms. The number of aliphatic hydroxyl groups excluding tert-OH is 16. The third kappa shape index (κ3) is 9.87. The van der Waals surface area contributed by atoms with Gasteiger partial charge in [-0.1, -0.05) is 0 Å². The van der Waals surface area contributed by atoms with Gasteiger partial charge in [0.2, 0.25) is 0 Å². The van der Waals surface area contributed by atoms with Gasteiger partial charge in [-0.2, -0.15) is 0 Å². The van der Waals surface area contributed by atoms with Gasteiger partial charge in [0.15, 0.2) is 37.7 Å². The average molecular weight is 871 g/mol. The van der Waals surface area contributed by atoms with E-state index in [-0.39, 0.29) is 0 Å². The monoisotopic (exact) mass is 870 g/mol. The first-order valence-electron chi connectivity index (χ1n) is 18.8.